The van der Waals surface area contributed by atoms with E-state index in [1.165, 1.54) is 119 Å². The molecule has 0 N–H and O–H groups in total. The van der Waals surface area contributed by atoms with Crippen molar-refractivity contribution in [1.29, 1.82) is 0 Å². The number of para-hydroxylation sites is 1. The Balaban J connectivity index is 1.21. The summed E-state index contributed by atoms with van der Waals surface area (Å²) in [6, 6.07) is 70.3. The van der Waals surface area contributed by atoms with E-state index < -0.39 is 8.07 Å². The lowest BCUT2D eigenvalue weighted by Gasteiger charge is -2.50. The quantitative estimate of drug-likeness (QED) is 0.119. The Morgan fingerprint density at radius 3 is 1.71 bits per heavy atom. The van der Waals surface area contributed by atoms with Gasteiger partial charge < -0.3 is 9.47 Å². The highest BCUT2D eigenvalue weighted by atomic mass is 28.3. The van der Waals surface area contributed by atoms with Gasteiger partial charge >= 0.3 is 0 Å². The molecule has 0 amide bonds. The van der Waals surface area contributed by atoms with Crippen LogP contribution in [-0.4, -0.2) is 18.2 Å². The molecule has 2 unspecified atom stereocenters. The van der Waals surface area contributed by atoms with Gasteiger partial charge in [-0.3, -0.25) is 0 Å². The lowest BCUT2D eigenvalue weighted by molar-refractivity contribution is 0.195. The van der Waals surface area contributed by atoms with Gasteiger partial charge in [0.05, 0.1) is 22.3 Å². The fraction of sp³-hybridized carbons (Fsp3) is 0.258. The van der Waals surface area contributed by atoms with Crippen molar-refractivity contribution in [3.05, 3.63) is 199 Å². The Bertz CT molecular complexity index is 3210. The van der Waals surface area contributed by atoms with E-state index in [1.807, 2.05) is 0 Å². The lowest BCUT2D eigenvalue weighted by atomic mass is 9.61. The van der Waals surface area contributed by atoms with Crippen LogP contribution in [0.15, 0.2) is 182 Å². The number of hydrogen-bond acceptors (Lipinski definition) is 1. The van der Waals surface area contributed by atoms with Crippen LogP contribution in [0.1, 0.15) is 96.8 Å². The van der Waals surface area contributed by atoms with Gasteiger partial charge in [-0.05, 0) is 123 Å². The zero-order chi connectivity index (χ0) is 44.3. The van der Waals surface area contributed by atoms with E-state index in [1.54, 1.807) is 0 Å². The summed E-state index contributed by atoms with van der Waals surface area (Å²) in [5.41, 5.74) is 11.2. The Morgan fingerprint density at radius 1 is 0.431 bits per heavy atom. The van der Waals surface area contributed by atoms with Gasteiger partial charge in [0.25, 0.3) is 0 Å². The number of hydrogen-bond donors (Lipinski definition) is 0. The molecule has 1 aromatic heterocycles. The predicted octanol–water partition coefficient (Wildman–Crippen LogP) is 13.4. The van der Waals surface area contributed by atoms with E-state index in [0.717, 1.165) is 6.42 Å². The first-order valence-corrected chi connectivity index (χ1v) is 26.2. The molecule has 8 aromatic carbocycles. The smallest absolute Gasteiger partial charge is 0.179 e. The first-order valence-electron chi connectivity index (χ1n) is 24.2. The van der Waals surface area contributed by atoms with Gasteiger partial charge in [0, 0.05) is 32.9 Å². The van der Waals surface area contributed by atoms with Gasteiger partial charge in [0.1, 0.15) is 0 Å². The highest BCUT2D eigenvalue weighted by Crippen LogP contribution is 2.61. The van der Waals surface area contributed by atoms with Crippen molar-refractivity contribution in [1.82, 2.24) is 4.57 Å². The third kappa shape index (κ3) is 5.64. The van der Waals surface area contributed by atoms with Crippen molar-refractivity contribution >= 4 is 72.8 Å². The topological polar surface area (TPSA) is 8.17 Å². The Labute approximate surface area is 386 Å². The van der Waals surface area contributed by atoms with Gasteiger partial charge in [-0.2, -0.15) is 0 Å². The van der Waals surface area contributed by atoms with Crippen molar-refractivity contribution in [2.75, 3.05) is 4.90 Å². The van der Waals surface area contributed by atoms with Crippen molar-refractivity contribution in [3.8, 4) is 5.69 Å². The van der Waals surface area contributed by atoms with Gasteiger partial charge in [-0.15, -0.1) is 0 Å². The molecule has 0 radical (unpaired) electrons. The van der Waals surface area contributed by atoms with Crippen LogP contribution in [0.25, 0.3) is 38.3 Å². The zero-order valence-electron chi connectivity index (χ0n) is 39.0. The van der Waals surface area contributed by atoms with Crippen LogP contribution < -0.4 is 25.6 Å². The maximum atomic E-state index is 2.77. The van der Waals surface area contributed by atoms with Crippen LogP contribution in [0.2, 0.25) is 0 Å². The van der Waals surface area contributed by atoms with Crippen LogP contribution in [0, 0.1) is 0 Å². The standard InChI is InChI=1S/C62H60N2Si/c1-59(2)38-39-60(3,4)58-52(59)33-35-55-57(58)50-41-44(64-54-31-19-18-30-51(54)61(5)36-20-21-37-62(61,64)6)32-34-53(50)63(55)56-42-48(40-43-22-16-17-29-49(43)56)65(45-23-10-7-11-24-45,46-25-12-8-13-26-46)47-27-14-9-15-28-47/h7-19,22-35,40-42H,20-21,36-39H2,1-6H3. The van der Waals surface area contributed by atoms with Crippen molar-refractivity contribution < 1.29 is 0 Å². The summed E-state index contributed by atoms with van der Waals surface area (Å²) in [6.07, 6.45) is 7.29. The molecular weight excluding hydrogens is 801 g/mol. The number of fused-ring (bicyclic) bond motifs is 9. The molecule has 1 fully saturated rings. The fourth-order valence-electron chi connectivity index (χ4n) is 13.5. The summed E-state index contributed by atoms with van der Waals surface area (Å²) in [6.45, 7) is 15.1. The highest BCUT2D eigenvalue weighted by molar-refractivity contribution is 7.20. The molecule has 3 heteroatoms. The van der Waals surface area contributed by atoms with Crippen molar-refractivity contribution in [2.24, 2.45) is 0 Å². The molecule has 0 bridgehead atoms. The number of benzene rings is 8. The Kier molecular flexibility index (Phi) is 8.95. The summed E-state index contributed by atoms with van der Waals surface area (Å²) < 4.78 is 2.67. The summed E-state index contributed by atoms with van der Waals surface area (Å²) in [4.78, 5) is 2.77. The molecule has 2 atom stereocenters. The predicted molar refractivity (Wildman–Crippen MR) is 280 cm³/mol. The average Bonchev–Trinajstić information content (AvgIpc) is 3.77. The number of nitrogens with zero attached hydrogens (tertiary/aromatic N) is 2. The van der Waals surface area contributed by atoms with Crippen LogP contribution in [0.4, 0.5) is 11.4 Å². The van der Waals surface area contributed by atoms with Gasteiger partial charge in [-0.25, -0.2) is 0 Å². The Morgan fingerprint density at radius 2 is 1.02 bits per heavy atom. The van der Waals surface area contributed by atoms with Gasteiger partial charge in [-0.1, -0.05) is 193 Å². The first-order chi connectivity index (χ1) is 31.5. The molecule has 1 aliphatic heterocycles. The zero-order valence-corrected chi connectivity index (χ0v) is 40.0. The molecule has 1 saturated carbocycles. The van der Waals surface area contributed by atoms with Crippen molar-refractivity contribution in [3.63, 3.8) is 0 Å². The third-order valence-electron chi connectivity index (χ3n) is 17.1. The van der Waals surface area contributed by atoms with E-state index in [4.69, 9.17) is 0 Å². The fourth-order valence-corrected chi connectivity index (χ4v) is 18.3. The second kappa shape index (κ2) is 14.4. The van der Waals surface area contributed by atoms with E-state index in [-0.39, 0.29) is 21.8 Å². The summed E-state index contributed by atoms with van der Waals surface area (Å²) in [7, 11) is -2.87. The monoisotopic (exact) mass is 860 g/mol. The number of anilines is 2. The summed E-state index contributed by atoms with van der Waals surface area (Å²) >= 11 is 0. The molecule has 3 aliphatic rings. The molecule has 2 heterocycles. The normalized spacial score (nSPS) is 21.0. The van der Waals surface area contributed by atoms with E-state index in [0.29, 0.717) is 0 Å². The van der Waals surface area contributed by atoms with E-state index >= 15 is 0 Å². The molecular formula is C62H60N2Si. The minimum absolute atomic E-state index is 0.00750. The highest BCUT2D eigenvalue weighted by Gasteiger charge is 2.57. The van der Waals surface area contributed by atoms with Crippen LogP contribution in [0.3, 0.4) is 0 Å². The summed E-state index contributed by atoms with van der Waals surface area (Å²) in [5, 5.41) is 10.9. The minimum atomic E-state index is -2.87. The molecule has 2 nitrogen and oxygen atoms in total. The Hall–Kier alpha value is -6.16. The molecule has 2 aliphatic carbocycles. The number of aromatic nitrogens is 1. The molecule has 65 heavy (non-hydrogen) atoms. The SMILES string of the molecule is CC1(C)CCC(C)(C)c2c1ccc1c2c2cc(N3c4ccccc4C4(C)CCCCC34C)ccc2n1-c1cc([Si](c2ccccc2)(c2ccccc2)c2ccccc2)cc2ccccc12. The average molecular weight is 861 g/mol. The van der Waals surface area contributed by atoms with Gasteiger partial charge in [0.15, 0.2) is 8.07 Å². The van der Waals surface area contributed by atoms with Crippen LogP contribution >= 0.6 is 0 Å². The summed E-state index contributed by atoms with van der Waals surface area (Å²) in [5.74, 6) is 0. The lowest BCUT2D eigenvalue weighted by Crippen LogP contribution is -2.74. The maximum absolute atomic E-state index is 2.87. The maximum Gasteiger partial charge on any atom is 0.179 e. The third-order valence-corrected chi connectivity index (χ3v) is 21.9. The first kappa shape index (κ1) is 40.4. The second-order valence-electron chi connectivity index (χ2n) is 21.4. The van der Waals surface area contributed by atoms with Crippen LogP contribution in [0.5, 0.6) is 0 Å². The second-order valence-corrected chi connectivity index (χ2v) is 25.2. The van der Waals surface area contributed by atoms with Crippen LogP contribution in [-0.2, 0) is 16.2 Å². The minimum Gasteiger partial charge on any atom is -0.334 e. The molecule has 12 rings (SSSR count). The molecule has 9 aromatic rings. The molecule has 0 spiro atoms. The number of rotatable bonds is 6. The van der Waals surface area contributed by atoms with Gasteiger partial charge in [0.2, 0.25) is 0 Å². The van der Waals surface area contributed by atoms with E-state index in [9.17, 15) is 0 Å². The van der Waals surface area contributed by atoms with Crippen molar-refractivity contribution in [2.45, 2.75) is 102 Å². The largest absolute Gasteiger partial charge is 0.334 e. The van der Waals surface area contributed by atoms with E-state index in [2.05, 4.69) is 233 Å². The molecule has 322 valence electrons. The molecule has 0 saturated heterocycles.